The summed E-state index contributed by atoms with van der Waals surface area (Å²) >= 11 is 0. The van der Waals surface area contributed by atoms with Gasteiger partial charge in [0.1, 0.15) is 24.2 Å². The van der Waals surface area contributed by atoms with Gasteiger partial charge < -0.3 is 48.5 Å². The molecule has 0 fully saturated rings. The highest BCUT2D eigenvalue weighted by atomic mass is 16.4. The molecular weight excluding hydrogens is 448 g/mol. The first-order valence-electron chi connectivity index (χ1n) is 9.51. The zero-order valence-corrected chi connectivity index (χ0v) is 17.6. The SMILES string of the molecule is CC(O)C(N)C(=O)NC(CCC(N)=O)C(=O)NC(CC(N)=O)C(=O)NC(CC(=O)O)C(=O)O. The van der Waals surface area contributed by atoms with E-state index < -0.39 is 84.6 Å². The number of aliphatic carboxylic acids is 2. The highest BCUT2D eigenvalue weighted by Crippen LogP contribution is 2.03. The maximum Gasteiger partial charge on any atom is 0.326 e. The predicted octanol–water partition coefficient (Wildman–Crippen LogP) is -5.15. The van der Waals surface area contributed by atoms with Crippen LogP contribution in [0.3, 0.4) is 0 Å². The molecule has 0 rings (SSSR count). The monoisotopic (exact) mass is 476 g/mol. The lowest BCUT2D eigenvalue weighted by molar-refractivity contribution is -0.147. The summed E-state index contributed by atoms with van der Waals surface area (Å²) in [5.41, 5.74) is 15.6. The Labute approximate surface area is 187 Å². The maximum atomic E-state index is 12.7. The fraction of sp³-hybridized carbons (Fsp3) is 0.588. The minimum Gasteiger partial charge on any atom is -0.481 e. The van der Waals surface area contributed by atoms with Crippen molar-refractivity contribution in [3.63, 3.8) is 0 Å². The standard InChI is InChI=1S/C17H28N6O10/c1-6(24)13(20)16(31)21-7(2-3-10(18)25)14(29)22-8(4-11(19)26)15(30)23-9(17(32)33)5-12(27)28/h6-9,13,24H,2-5,20H2,1H3,(H2,18,25)(H2,19,26)(H,21,31)(H,22,29)(H,23,30)(H,27,28)(H,32,33). The molecule has 0 aromatic rings. The number of primary amides is 2. The third-order valence-electron chi connectivity index (χ3n) is 4.17. The van der Waals surface area contributed by atoms with Crippen molar-refractivity contribution in [3.8, 4) is 0 Å². The van der Waals surface area contributed by atoms with Crippen LogP contribution in [-0.4, -0.2) is 87.1 Å². The largest absolute Gasteiger partial charge is 0.481 e. The molecule has 0 radical (unpaired) electrons. The smallest absolute Gasteiger partial charge is 0.326 e. The Morgan fingerprint density at radius 1 is 0.758 bits per heavy atom. The zero-order chi connectivity index (χ0) is 25.9. The molecule has 0 saturated heterocycles. The van der Waals surface area contributed by atoms with Crippen molar-refractivity contribution in [3.05, 3.63) is 0 Å². The molecule has 0 aliphatic rings. The van der Waals surface area contributed by atoms with Gasteiger partial charge in [-0.15, -0.1) is 0 Å². The third-order valence-corrected chi connectivity index (χ3v) is 4.17. The van der Waals surface area contributed by atoms with Gasteiger partial charge in [0.15, 0.2) is 0 Å². The van der Waals surface area contributed by atoms with Crippen LogP contribution < -0.4 is 33.2 Å². The summed E-state index contributed by atoms with van der Waals surface area (Å²) in [6.45, 7) is 1.21. The Hall–Kier alpha value is -3.79. The number of rotatable bonds is 15. The van der Waals surface area contributed by atoms with Crippen LogP contribution >= 0.6 is 0 Å². The number of carboxylic acids is 2. The molecule has 0 spiro atoms. The number of nitrogens with two attached hydrogens (primary N) is 3. The molecule has 5 unspecified atom stereocenters. The fourth-order valence-electron chi connectivity index (χ4n) is 2.37. The second-order valence-corrected chi connectivity index (χ2v) is 7.06. The van der Waals surface area contributed by atoms with E-state index in [0.717, 1.165) is 0 Å². The molecule has 16 heteroatoms. The number of aliphatic hydroxyl groups excluding tert-OH is 1. The third kappa shape index (κ3) is 11.4. The summed E-state index contributed by atoms with van der Waals surface area (Å²) in [6, 6.07) is -6.56. The molecule has 5 amide bonds. The van der Waals surface area contributed by atoms with Gasteiger partial charge in [-0.25, -0.2) is 4.79 Å². The molecule has 0 aromatic heterocycles. The Morgan fingerprint density at radius 2 is 1.24 bits per heavy atom. The highest BCUT2D eigenvalue weighted by Gasteiger charge is 2.32. The lowest BCUT2D eigenvalue weighted by Crippen LogP contribution is -2.58. The minimum atomic E-state index is -1.88. The second-order valence-electron chi connectivity index (χ2n) is 7.06. The van der Waals surface area contributed by atoms with Gasteiger partial charge in [-0.2, -0.15) is 0 Å². The summed E-state index contributed by atoms with van der Waals surface area (Å²) in [7, 11) is 0. The average molecular weight is 476 g/mol. The van der Waals surface area contributed by atoms with Gasteiger partial charge in [0, 0.05) is 6.42 Å². The van der Waals surface area contributed by atoms with Crippen LogP contribution in [0.15, 0.2) is 0 Å². The van der Waals surface area contributed by atoms with E-state index in [9.17, 15) is 38.7 Å². The zero-order valence-electron chi connectivity index (χ0n) is 17.6. The molecule has 0 aromatic carbocycles. The maximum absolute atomic E-state index is 12.7. The first kappa shape index (κ1) is 29.2. The molecular formula is C17H28N6O10. The first-order chi connectivity index (χ1) is 15.1. The van der Waals surface area contributed by atoms with Gasteiger partial charge in [0.2, 0.25) is 29.5 Å². The number of carbonyl (C=O) groups is 7. The van der Waals surface area contributed by atoms with Crippen LogP contribution in [0, 0.1) is 0 Å². The molecule has 0 heterocycles. The summed E-state index contributed by atoms with van der Waals surface area (Å²) in [5.74, 6) is -8.43. The number of hydrogen-bond acceptors (Lipinski definition) is 9. The van der Waals surface area contributed by atoms with E-state index >= 15 is 0 Å². The Bertz CT molecular complexity index is 786. The Balaban J connectivity index is 5.61. The van der Waals surface area contributed by atoms with Gasteiger partial charge in [0.25, 0.3) is 0 Å². The fourth-order valence-corrected chi connectivity index (χ4v) is 2.37. The van der Waals surface area contributed by atoms with Crippen molar-refractivity contribution in [1.29, 1.82) is 0 Å². The Kier molecular flexibility index (Phi) is 12.0. The van der Waals surface area contributed by atoms with Crippen molar-refractivity contribution < 1.29 is 48.9 Å². The van der Waals surface area contributed by atoms with Crippen LogP contribution in [-0.2, 0) is 33.6 Å². The van der Waals surface area contributed by atoms with E-state index in [-0.39, 0.29) is 12.8 Å². The first-order valence-corrected chi connectivity index (χ1v) is 9.51. The van der Waals surface area contributed by atoms with E-state index in [1.807, 2.05) is 5.32 Å². The van der Waals surface area contributed by atoms with Crippen LogP contribution in [0.25, 0.3) is 0 Å². The van der Waals surface area contributed by atoms with Crippen LogP contribution in [0.2, 0.25) is 0 Å². The number of carbonyl (C=O) groups excluding carboxylic acids is 5. The van der Waals surface area contributed by atoms with Crippen molar-refractivity contribution >= 4 is 41.5 Å². The number of amides is 5. The van der Waals surface area contributed by atoms with Gasteiger partial charge in [0.05, 0.1) is 18.9 Å². The lowest BCUT2D eigenvalue weighted by atomic mass is 10.1. The van der Waals surface area contributed by atoms with Gasteiger partial charge >= 0.3 is 11.9 Å². The topological polar surface area (TPSA) is 294 Å². The van der Waals surface area contributed by atoms with Crippen LogP contribution in [0.1, 0.15) is 32.6 Å². The normalized spacial score (nSPS) is 15.1. The van der Waals surface area contributed by atoms with Gasteiger partial charge in [-0.3, -0.25) is 28.8 Å². The number of hydrogen-bond donors (Lipinski definition) is 9. The van der Waals surface area contributed by atoms with Gasteiger partial charge in [-0.05, 0) is 13.3 Å². The van der Waals surface area contributed by atoms with Crippen LogP contribution in [0.5, 0.6) is 0 Å². The predicted molar refractivity (Wildman–Crippen MR) is 108 cm³/mol. The van der Waals surface area contributed by atoms with E-state index in [1.165, 1.54) is 6.92 Å². The quantitative estimate of drug-likeness (QED) is 0.108. The van der Waals surface area contributed by atoms with Crippen molar-refractivity contribution in [2.75, 3.05) is 0 Å². The molecule has 33 heavy (non-hydrogen) atoms. The van der Waals surface area contributed by atoms with Crippen molar-refractivity contribution in [1.82, 2.24) is 16.0 Å². The molecule has 12 N–H and O–H groups in total. The summed E-state index contributed by atoms with van der Waals surface area (Å²) < 4.78 is 0. The molecule has 16 nitrogen and oxygen atoms in total. The molecule has 0 aliphatic carbocycles. The molecule has 0 saturated carbocycles. The van der Waals surface area contributed by atoms with Crippen molar-refractivity contribution in [2.24, 2.45) is 17.2 Å². The number of carboxylic acid groups (broad SMARTS) is 2. The molecule has 0 bridgehead atoms. The molecule has 186 valence electrons. The van der Waals surface area contributed by atoms with E-state index in [4.69, 9.17) is 27.4 Å². The number of nitrogens with one attached hydrogen (secondary N) is 3. The average Bonchev–Trinajstić information content (AvgIpc) is 2.67. The summed E-state index contributed by atoms with van der Waals surface area (Å²) in [6.07, 6.45) is -3.82. The number of aliphatic hydroxyl groups is 1. The van der Waals surface area contributed by atoms with E-state index in [2.05, 4.69) is 10.6 Å². The van der Waals surface area contributed by atoms with E-state index in [0.29, 0.717) is 0 Å². The summed E-state index contributed by atoms with van der Waals surface area (Å²) in [4.78, 5) is 81.5. The van der Waals surface area contributed by atoms with Gasteiger partial charge in [-0.1, -0.05) is 0 Å². The van der Waals surface area contributed by atoms with Crippen LogP contribution in [0.4, 0.5) is 0 Å². The van der Waals surface area contributed by atoms with Crippen molar-refractivity contribution in [2.45, 2.75) is 62.9 Å². The minimum absolute atomic E-state index is 0.346. The highest BCUT2D eigenvalue weighted by molar-refractivity contribution is 5.96. The lowest BCUT2D eigenvalue weighted by Gasteiger charge is -2.24. The second kappa shape index (κ2) is 13.6. The molecule has 5 atom stereocenters. The Morgan fingerprint density at radius 3 is 1.67 bits per heavy atom. The van der Waals surface area contributed by atoms with E-state index in [1.54, 1.807) is 0 Å². The molecule has 0 aliphatic heterocycles. The summed E-state index contributed by atoms with van der Waals surface area (Å²) in [5, 5.41) is 33.3.